The summed E-state index contributed by atoms with van der Waals surface area (Å²) < 4.78 is 0. The molecular weight excluding hydrogens is 222 g/mol. The van der Waals surface area contributed by atoms with Crippen LogP contribution in [0.4, 0.5) is 0 Å². The van der Waals surface area contributed by atoms with E-state index in [-0.39, 0.29) is 5.54 Å². The summed E-state index contributed by atoms with van der Waals surface area (Å²) in [5.41, 5.74) is 7.80. The number of pyridine rings is 1. The maximum atomic E-state index is 6.19. The Balaban J connectivity index is 1.78. The lowest BCUT2D eigenvalue weighted by molar-refractivity contribution is 0.0706. The quantitative estimate of drug-likeness (QED) is 0.834. The molecule has 0 aromatic carbocycles. The van der Waals surface area contributed by atoms with Gasteiger partial charge in [0, 0.05) is 31.0 Å². The molecule has 0 amide bonds. The van der Waals surface area contributed by atoms with Gasteiger partial charge in [0.2, 0.25) is 0 Å². The van der Waals surface area contributed by atoms with Gasteiger partial charge in [-0.15, -0.1) is 0 Å². The van der Waals surface area contributed by atoms with E-state index in [2.05, 4.69) is 29.1 Å². The van der Waals surface area contributed by atoms with Crippen LogP contribution in [-0.4, -0.2) is 29.0 Å². The standard InChI is InChI=1S/C15H23N3/c1-18(10-12-6-8-17-9-7-12)15(11-16,13-2-3-13)14-4-5-14/h6-9,13-14H,2-5,10-11,16H2,1H3. The molecule has 1 heterocycles. The summed E-state index contributed by atoms with van der Waals surface area (Å²) in [5.74, 6) is 1.67. The first kappa shape index (κ1) is 12.1. The molecule has 0 unspecified atom stereocenters. The van der Waals surface area contributed by atoms with E-state index >= 15 is 0 Å². The molecule has 0 radical (unpaired) electrons. The van der Waals surface area contributed by atoms with Gasteiger partial charge in [0.15, 0.2) is 0 Å². The molecule has 0 aliphatic heterocycles. The fourth-order valence-electron chi connectivity index (χ4n) is 3.52. The van der Waals surface area contributed by atoms with Crippen molar-refractivity contribution in [3.05, 3.63) is 30.1 Å². The molecule has 0 spiro atoms. The highest BCUT2D eigenvalue weighted by atomic mass is 15.2. The minimum Gasteiger partial charge on any atom is -0.329 e. The van der Waals surface area contributed by atoms with E-state index in [0.29, 0.717) is 0 Å². The topological polar surface area (TPSA) is 42.2 Å². The Morgan fingerprint density at radius 2 is 1.78 bits per heavy atom. The summed E-state index contributed by atoms with van der Waals surface area (Å²) in [6, 6.07) is 4.22. The third-order valence-electron chi connectivity index (χ3n) is 4.78. The number of likely N-dealkylation sites (N-methyl/N-ethyl adjacent to an activating group) is 1. The van der Waals surface area contributed by atoms with Crippen LogP contribution in [0.15, 0.2) is 24.5 Å². The van der Waals surface area contributed by atoms with Crippen LogP contribution in [0.2, 0.25) is 0 Å². The minimum atomic E-state index is 0.267. The zero-order valence-electron chi connectivity index (χ0n) is 11.2. The summed E-state index contributed by atoms with van der Waals surface area (Å²) >= 11 is 0. The molecule has 2 N–H and O–H groups in total. The van der Waals surface area contributed by atoms with Gasteiger partial charge in [0.05, 0.1) is 0 Å². The van der Waals surface area contributed by atoms with Gasteiger partial charge < -0.3 is 5.73 Å². The fraction of sp³-hybridized carbons (Fsp3) is 0.667. The summed E-state index contributed by atoms with van der Waals surface area (Å²) in [5, 5.41) is 0. The molecule has 1 aromatic rings. The average Bonchev–Trinajstić information content (AvgIpc) is 3.26. The number of rotatable bonds is 6. The normalized spacial score (nSPS) is 20.4. The molecule has 3 heteroatoms. The third-order valence-corrected chi connectivity index (χ3v) is 4.78. The van der Waals surface area contributed by atoms with Crippen molar-refractivity contribution in [3.8, 4) is 0 Å². The van der Waals surface area contributed by atoms with Gasteiger partial charge in [-0.05, 0) is 62.3 Å². The summed E-state index contributed by atoms with van der Waals surface area (Å²) in [6.07, 6.45) is 9.23. The van der Waals surface area contributed by atoms with E-state index in [1.165, 1.54) is 31.2 Å². The van der Waals surface area contributed by atoms with E-state index < -0.39 is 0 Å². The molecule has 0 atom stereocenters. The monoisotopic (exact) mass is 245 g/mol. The average molecular weight is 245 g/mol. The highest BCUT2D eigenvalue weighted by molar-refractivity contribution is 5.15. The van der Waals surface area contributed by atoms with Crippen LogP contribution in [-0.2, 0) is 6.54 Å². The van der Waals surface area contributed by atoms with Crippen molar-refractivity contribution < 1.29 is 0 Å². The Bertz CT molecular complexity index is 383. The van der Waals surface area contributed by atoms with E-state index in [0.717, 1.165) is 24.9 Å². The Labute approximate surface area is 109 Å². The lowest BCUT2D eigenvalue weighted by Gasteiger charge is -2.42. The molecule has 2 saturated carbocycles. The smallest absolute Gasteiger partial charge is 0.0388 e. The fourth-order valence-corrected chi connectivity index (χ4v) is 3.52. The van der Waals surface area contributed by atoms with Crippen LogP contribution >= 0.6 is 0 Å². The van der Waals surface area contributed by atoms with Gasteiger partial charge in [-0.3, -0.25) is 9.88 Å². The van der Waals surface area contributed by atoms with Gasteiger partial charge >= 0.3 is 0 Å². The maximum absolute atomic E-state index is 6.19. The SMILES string of the molecule is CN(Cc1ccncc1)C(CN)(C1CC1)C1CC1. The Kier molecular flexibility index (Phi) is 3.12. The predicted octanol–water partition coefficient (Wildman–Crippen LogP) is 2.03. The largest absolute Gasteiger partial charge is 0.329 e. The first-order valence-electron chi connectivity index (χ1n) is 7.07. The van der Waals surface area contributed by atoms with Crippen molar-refractivity contribution in [1.82, 2.24) is 9.88 Å². The molecule has 0 saturated heterocycles. The molecular formula is C15H23N3. The molecule has 0 bridgehead atoms. The van der Waals surface area contributed by atoms with E-state index in [1.807, 2.05) is 12.4 Å². The number of nitrogens with zero attached hydrogens (tertiary/aromatic N) is 2. The molecule has 2 fully saturated rings. The third kappa shape index (κ3) is 2.06. The van der Waals surface area contributed by atoms with Crippen LogP contribution in [0.5, 0.6) is 0 Å². The zero-order chi connectivity index (χ0) is 12.6. The second-order valence-electron chi connectivity index (χ2n) is 5.96. The molecule has 1 aromatic heterocycles. The molecule has 98 valence electrons. The van der Waals surface area contributed by atoms with Gasteiger partial charge in [0.1, 0.15) is 0 Å². The molecule has 2 aliphatic carbocycles. The molecule has 3 rings (SSSR count). The Hall–Kier alpha value is -0.930. The Morgan fingerprint density at radius 1 is 1.22 bits per heavy atom. The van der Waals surface area contributed by atoms with Gasteiger partial charge in [-0.1, -0.05) is 0 Å². The van der Waals surface area contributed by atoms with Gasteiger partial charge in [-0.25, -0.2) is 0 Å². The number of nitrogens with two attached hydrogens (primary N) is 1. The molecule has 2 aliphatic rings. The molecule has 18 heavy (non-hydrogen) atoms. The zero-order valence-corrected chi connectivity index (χ0v) is 11.2. The van der Waals surface area contributed by atoms with Crippen LogP contribution in [0.25, 0.3) is 0 Å². The van der Waals surface area contributed by atoms with Crippen LogP contribution in [0, 0.1) is 11.8 Å². The first-order valence-corrected chi connectivity index (χ1v) is 7.07. The molecule has 3 nitrogen and oxygen atoms in total. The van der Waals surface area contributed by atoms with E-state index in [9.17, 15) is 0 Å². The van der Waals surface area contributed by atoms with Crippen molar-refractivity contribution in [1.29, 1.82) is 0 Å². The minimum absolute atomic E-state index is 0.267. The number of hydrogen-bond donors (Lipinski definition) is 1. The highest BCUT2D eigenvalue weighted by Gasteiger charge is 2.55. The summed E-state index contributed by atoms with van der Waals surface area (Å²) in [6.45, 7) is 1.80. The summed E-state index contributed by atoms with van der Waals surface area (Å²) in [7, 11) is 2.25. The van der Waals surface area contributed by atoms with Crippen LogP contribution in [0.1, 0.15) is 31.2 Å². The van der Waals surface area contributed by atoms with Crippen molar-refractivity contribution in [2.75, 3.05) is 13.6 Å². The predicted molar refractivity (Wildman–Crippen MR) is 72.9 cm³/mol. The summed E-state index contributed by atoms with van der Waals surface area (Å²) in [4.78, 5) is 6.61. The van der Waals surface area contributed by atoms with Crippen molar-refractivity contribution in [2.45, 2.75) is 37.8 Å². The lowest BCUT2D eigenvalue weighted by Crippen LogP contribution is -2.55. The maximum Gasteiger partial charge on any atom is 0.0388 e. The van der Waals surface area contributed by atoms with Gasteiger partial charge in [-0.2, -0.15) is 0 Å². The number of aromatic nitrogens is 1. The Morgan fingerprint density at radius 3 is 2.22 bits per heavy atom. The van der Waals surface area contributed by atoms with E-state index in [1.54, 1.807) is 0 Å². The van der Waals surface area contributed by atoms with Gasteiger partial charge in [0.25, 0.3) is 0 Å². The van der Waals surface area contributed by atoms with Crippen LogP contribution in [0.3, 0.4) is 0 Å². The van der Waals surface area contributed by atoms with Crippen molar-refractivity contribution >= 4 is 0 Å². The second-order valence-corrected chi connectivity index (χ2v) is 5.96. The lowest BCUT2D eigenvalue weighted by atomic mass is 9.85. The highest BCUT2D eigenvalue weighted by Crippen LogP contribution is 2.54. The first-order chi connectivity index (χ1) is 8.77. The van der Waals surface area contributed by atoms with Crippen molar-refractivity contribution in [2.24, 2.45) is 17.6 Å². The van der Waals surface area contributed by atoms with Crippen molar-refractivity contribution in [3.63, 3.8) is 0 Å². The second kappa shape index (κ2) is 4.63. The number of hydrogen-bond acceptors (Lipinski definition) is 3. The van der Waals surface area contributed by atoms with E-state index in [4.69, 9.17) is 5.73 Å². The van der Waals surface area contributed by atoms with Crippen LogP contribution < -0.4 is 5.73 Å².